The Morgan fingerprint density at radius 2 is 1.80 bits per heavy atom. The molecule has 0 heterocycles. The number of nitrogens with two attached hydrogens (primary N) is 1. The van der Waals surface area contributed by atoms with Crippen LogP contribution in [0.15, 0.2) is 18.2 Å². The summed E-state index contributed by atoms with van der Waals surface area (Å²) in [6.45, 7) is 0. The first kappa shape index (κ1) is 16.4. The summed E-state index contributed by atoms with van der Waals surface area (Å²) in [6, 6.07) is 4.79. The van der Waals surface area contributed by atoms with Gasteiger partial charge in [-0.25, -0.2) is 0 Å². The number of carbonyl (C=O) groups excluding carboxylic acids is 1. The van der Waals surface area contributed by atoms with E-state index in [1.165, 1.54) is 25.3 Å². The third-order valence-corrected chi connectivity index (χ3v) is 6.38. The van der Waals surface area contributed by atoms with Crippen molar-refractivity contribution >= 4 is 17.3 Å². The van der Waals surface area contributed by atoms with E-state index in [2.05, 4.69) is 5.32 Å². The third kappa shape index (κ3) is 3.22. The molecule has 0 spiro atoms. The van der Waals surface area contributed by atoms with Gasteiger partial charge in [-0.05, 0) is 74.3 Å². The fraction of sp³-hybridized carbons (Fsp3) is 0.632. The molecule has 1 aromatic carbocycles. The number of aryl methyl sites for hydroxylation is 1. The van der Waals surface area contributed by atoms with E-state index in [9.17, 15) is 14.9 Å². The molecule has 134 valence electrons. The molecule has 25 heavy (non-hydrogen) atoms. The van der Waals surface area contributed by atoms with E-state index in [1.54, 1.807) is 12.1 Å². The first-order valence-corrected chi connectivity index (χ1v) is 9.26. The zero-order valence-corrected chi connectivity index (χ0v) is 14.4. The molecule has 4 bridgehead atoms. The van der Waals surface area contributed by atoms with Crippen LogP contribution >= 0.6 is 0 Å². The van der Waals surface area contributed by atoms with Crippen LogP contribution in [0.25, 0.3) is 0 Å². The van der Waals surface area contributed by atoms with Crippen molar-refractivity contribution in [3.05, 3.63) is 33.9 Å². The van der Waals surface area contributed by atoms with Crippen LogP contribution in [0.1, 0.15) is 50.5 Å². The Hall–Kier alpha value is -2.11. The van der Waals surface area contributed by atoms with Gasteiger partial charge in [-0.2, -0.15) is 0 Å². The molecule has 4 aliphatic rings. The summed E-state index contributed by atoms with van der Waals surface area (Å²) in [5.74, 6) is 2.46. The highest BCUT2D eigenvalue weighted by Crippen LogP contribution is 2.55. The lowest BCUT2D eigenvalue weighted by molar-refractivity contribution is -0.384. The zero-order chi connectivity index (χ0) is 17.6. The number of benzene rings is 1. The summed E-state index contributed by atoms with van der Waals surface area (Å²) < 4.78 is 0. The molecule has 0 saturated heterocycles. The molecule has 0 aliphatic heterocycles. The normalized spacial score (nSPS) is 32.6. The Bertz CT molecular complexity index is 681. The van der Waals surface area contributed by atoms with E-state index < -0.39 is 4.92 Å². The Morgan fingerprint density at radius 1 is 1.20 bits per heavy atom. The average molecular weight is 343 g/mol. The van der Waals surface area contributed by atoms with E-state index in [0.29, 0.717) is 12.8 Å². The lowest BCUT2D eigenvalue weighted by Gasteiger charge is -2.56. The van der Waals surface area contributed by atoms with E-state index in [-0.39, 0.29) is 22.8 Å². The number of anilines is 1. The van der Waals surface area contributed by atoms with E-state index in [0.717, 1.165) is 42.6 Å². The number of nitrogen functional groups attached to an aromatic ring is 1. The highest BCUT2D eigenvalue weighted by molar-refractivity contribution is 5.77. The largest absolute Gasteiger partial charge is 0.393 e. The number of nitro benzene ring substituents is 1. The van der Waals surface area contributed by atoms with Crippen LogP contribution in [0, 0.1) is 27.9 Å². The Morgan fingerprint density at radius 3 is 2.36 bits per heavy atom. The predicted octanol–water partition coefficient (Wildman–Crippen LogP) is 3.19. The van der Waals surface area contributed by atoms with Crippen molar-refractivity contribution in [3.63, 3.8) is 0 Å². The number of hydrogen-bond acceptors (Lipinski definition) is 4. The Kier molecular flexibility index (Phi) is 3.93. The van der Waals surface area contributed by atoms with Crippen LogP contribution in [0.2, 0.25) is 0 Å². The van der Waals surface area contributed by atoms with Crippen LogP contribution in [0.4, 0.5) is 11.4 Å². The SMILES string of the molecule is Nc1ccc(CCC(=O)NC23CC4CC(CC(C4)C2)C3)cc1[N+](=O)[O-]. The number of nitro groups is 1. The lowest BCUT2D eigenvalue weighted by Crippen LogP contribution is -2.59. The highest BCUT2D eigenvalue weighted by Gasteiger charge is 2.51. The minimum Gasteiger partial charge on any atom is -0.393 e. The zero-order valence-electron chi connectivity index (χ0n) is 14.4. The van der Waals surface area contributed by atoms with Crippen LogP contribution in [0.5, 0.6) is 0 Å². The second-order valence-electron chi connectivity index (χ2n) is 8.40. The van der Waals surface area contributed by atoms with Crippen molar-refractivity contribution in [2.45, 2.75) is 56.9 Å². The predicted molar refractivity (Wildman–Crippen MR) is 94.9 cm³/mol. The van der Waals surface area contributed by atoms with Crippen molar-refractivity contribution in [2.75, 3.05) is 5.73 Å². The van der Waals surface area contributed by atoms with E-state index in [4.69, 9.17) is 5.73 Å². The van der Waals surface area contributed by atoms with Gasteiger partial charge in [0.1, 0.15) is 5.69 Å². The van der Waals surface area contributed by atoms with Crippen molar-refractivity contribution in [2.24, 2.45) is 17.8 Å². The molecule has 4 aliphatic carbocycles. The summed E-state index contributed by atoms with van der Waals surface area (Å²) in [5, 5.41) is 14.3. The fourth-order valence-electron chi connectivity index (χ4n) is 5.78. The summed E-state index contributed by atoms with van der Waals surface area (Å²) in [7, 11) is 0. The molecule has 0 atom stereocenters. The number of amides is 1. The van der Waals surface area contributed by atoms with Crippen molar-refractivity contribution in [3.8, 4) is 0 Å². The van der Waals surface area contributed by atoms with Gasteiger partial charge in [0.05, 0.1) is 4.92 Å². The minimum atomic E-state index is -0.478. The summed E-state index contributed by atoms with van der Waals surface area (Å²) in [4.78, 5) is 23.0. The number of rotatable bonds is 5. The number of nitrogens with zero attached hydrogens (tertiary/aromatic N) is 1. The van der Waals surface area contributed by atoms with Gasteiger partial charge >= 0.3 is 0 Å². The molecule has 1 aromatic rings. The fourth-order valence-corrected chi connectivity index (χ4v) is 5.78. The molecule has 0 radical (unpaired) electrons. The maximum atomic E-state index is 12.5. The third-order valence-electron chi connectivity index (χ3n) is 6.38. The van der Waals surface area contributed by atoms with E-state index in [1.807, 2.05) is 0 Å². The topological polar surface area (TPSA) is 98.3 Å². The van der Waals surface area contributed by atoms with E-state index >= 15 is 0 Å². The maximum Gasteiger partial charge on any atom is 0.292 e. The summed E-state index contributed by atoms with van der Waals surface area (Å²) in [6.07, 6.45) is 8.33. The van der Waals surface area contributed by atoms with Crippen molar-refractivity contribution in [1.29, 1.82) is 0 Å². The minimum absolute atomic E-state index is 0.0267. The van der Waals surface area contributed by atoms with Crippen LogP contribution in [-0.2, 0) is 11.2 Å². The van der Waals surface area contributed by atoms with Crippen LogP contribution in [0.3, 0.4) is 0 Å². The van der Waals surface area contributed by atoms with Gasteiger partial charge in [0.25, 0.3) is 5.69 Å². The smallest absolute Gasteiger partial charge is 0.292 e. The standard InChI is InChI=1S/C19H25N3O3/c20-16-3-1-12(8-17(16)22(24)25)2-4-18(23)21-19-9-13-5-14(10-19)7-15(6-13)11-19/h1,3,8,13-15H,2,4-7,9-11,20H2,(H,21,23). The maximum absolute atomic E-state index is 12.5. The summed E-state index contributed by atoms with van der Waals surface area (Å²) >= 11 is 0. The molecular weight excluding hydrogens is 318 g/mol. The van der Waals surface area contributed by atoms with Gasteiger partial charge < -0.3 is 11.1 Å². The first-order valence-electron chi connectivity index (χ1n) is 9.26. The molecule has 6 nitrogen and oxygen atoms in total. The quantitative estimate of drug-likeness (QED) is 0.487. The molecular formula is C19H25N3O3. The van der Waals surface area contributed by atoms with Gasteiger partial charge in [-0.3, -0.25) is 14.9 Å². The molecule has 5 rings (SSSR count). The molecule has 0 unspecified atom stereocenters. The first-order chi connectivity index (χ1) is 11.9. The van der Waals surface area contributed by atoms with Crippen molar-refractivity contribution < 1.29 is 9.72 Å². The van der Waals surface area contributed by atoms with Crippen molar-refractivity contribution in [1.82, 2.24) is 5.32 Å². The van der Waals surface area contributed by atoms with Gasteiger partial charge in [0, 0.05) is 18.0 Å². The Labute approximate surface area is 147 Å². The molecule has 1 amide bonds. The van der Waals surface area contributed by atoms with Crippen LogP contribution in [-0.4, -0.2) is 16.4 Å². The highest BCUT2D eigenvalue weighted by atomic mass is 16.6. The number of nitrogens with one attached hydrogen (secondary N) is 1. The van der Waals surface area contributed by atoms with Gasteiger partial charge in [0.2, 0.25) is 5.91 Å². The second kappa shape index (κ2) is 6.00. The Balaban J connectivity index is 1.37. The molecule has 4 fully saturated rings. The van der Waals surface area contributed by atoms with Gasteiger partial charge in [0.15, 0.2) is 0 Å². The van der Waals surface area contributed by atoms with Crippen LogP contribution < -0.4 is 11.1 Å². The van der Waals surface area contributed by atoms with Gasteiger partial charge in [-0.1, -0.05) is 6.07 Å². The average Bonchev–Trinajstić information content (AvgIpc) is 2.52. The number of hydrogen-bond donors (Lipinski definition) is 2. The molecule has 4 saturated carbocycles. The molecule has 3 N–H and O–H groups in total. The monoisotopic (exact) mass is 343 g/mol. The molecule has 0 aromatic heterocycles. The van der Waals surface area contributed by atoms with Gasteiger partial charge in [-0.15, -0.1) is 0 Å². The molecule has 6 heteroatoms. The second-order valence-corrected chi connectivity index (χ2v) is 8.40. The number of carbonyl (C=O) groups is 1. The summed E-state index contributed by atoms with van der Waals surface area (Å²) in [5.41, 5.74) is 6.50. The lowest BCUT2D eigenvalue weighted by atomic mass is 9.53.